The van der Waals surface area contributed by atoms with Crippen molar-refractivity contribution < 1.29 is 0 Å². The molecule has 0 fully saturated rings. The molecule has 2 N–H and O–H groups in total. The van der Waals surface area contributed by atoms with Gasteiger partial charge in [-0.1, -0.05) is 42.5 Å². The van der Waals surface area contributed by atoms with E-state index in [1.54, 1.807) is 11.3 Å². The summed E-state index contributed by atoms with van der Waals surface area (Å²) in [6, 6.07) is 20.7. The average Bonchev–Trinajstić information content (AvgIpc) is 3.28. The van der Waals surface area contributed by atoms with Gasteiger partial charge in [0.2, 0.25) is 0 Å². The van der Waals surface area contributed by atoms with Crippen molar-refractivity contribution in [3.8, 4) is 0 Å². The lowest BCUT2D eigenvalue weighted by atomic mass is 10.0. The highest BCUT2D eigenvalue weighted by atomic mass is 32.1. The molecule has 0 spiro atoms. The minimum absolute atomic E-state index is 0.0641. The number of aromatic amines is 1. The Hall–Kier alpha value is -2.96. The summed E-state index contributed by atoms with van der Waals surface area (Å²) in [7, 11) is 0. The predicted octanol–water partition coefficient (Wildman–Crippen LogP) is 5.33. The van der Waals surface area contributed by atoms with Crippen LogP contribution in [0.5, 0.6) is 0 Å². The van der Waals surface area contributed by atoms with Gasteiger partial charge in [-0.05, 0) is 72.8 Å². The van der Waals surface area contributed by atoms with E-state index < -0.39 is 0 Å². The van der Waals surface area contributed by atoms with E-state index in [2.05, 4.69) is 51.8 Å². The molecular formula is C26H27N3OS2. The first-order valence-electron chi connectivity index (χ1n) is 10.7. The molecule has 32 heavy (non-hydrogen) atoms. The van der Waals surface area contributed by atoms with Crippen molar-refractivity contribution in [2.45, 2.75) is 33.4 Å². The fraction of sp³-hybridized carbons (Fsp3) is 0.231. The van der Waals surface area contributed by atoms with E-state index in [1.165, 1.54) is 10.4 Å². The van der Waals surface area contributed by atoms with E-state index in [-0.39, 0.29) is 5.56 Å². The fourth-order valence-electron chi connectivity index (χ4n) is 3.90. The molecule has 0 aliphatic rings. The van der Waals surface area contributed by atoms with Gasteiger partial charge >= 0.3 is 0 Å². The van der Waals surface area contributed by atoms with Crippen LogP contribution in [0, 0.1) is 13.8 Å². The lowest BCUT2D eigenvalue weighted by Gasteiger charge is -2.25. The number of thiocarbonyl (C=S) groups is 1. The molecule has 0 bridgehead atoms. The first kappa shape index (κ1) is 22.2. The normalized spacial score (nSPS) is 10.9. The number of pyridine rings is 1. The Morgan fingerprint density at radius 1 is 1.06 bits per heavy atom. The first-order valence-corrected chi connectivity index (χ1v) is 12.0. The van der Waals surface area contributed by atoms with Gasteiger partial charge in [0.15, 0.2) is 5.11 Å². The highest BCUT2D eigenvalue weighted by molar-refractivity contribution is 7.80. The summed E-state index contributed by atoms with van der Waals surface area (Å²) >= 11 is 7.45. The highest BCUT2D eigenvalue weighted by Crippen LogP contribution is 2.20. The van der Waals surface area contributed by atoms with Crippen LogP contribution in [-0.4, -0.2) is 21.5 Å². The summed E-state index contributed by atoms with van der Waals surface area (Å²) in [5.74, 6) is 0. The number of benzene rings is 2. The van der Waals surface area contributed by atoms with Crippen molar-refractivity contribution in [3.05, 3.63) is 104 Å². The first-order chi connectivity index (χ1) is 15.5. The number of aromatic nitrogens is 1. The third-order valence-electron chi connectivity index (χ3n) is 5.50. The van der Waals surface area contributed by atoms with Crippen molar-refractivity contribution in [3.63, 3.8) is 0 Å². The maximum Gasteiger partial charge on any atom is 0.253 e. The molecular weight excluding hydrogens is 434 g/mol. The number of H-pyrrole nitrogens is 1. The number of fused-ring (bicyclic) bond motifs is 1. The van der Waals surface area contributed by atoms with E-state index in [0.29, 0.717) is 23.8 Å². The van der Waals surface area contributed by atoms with Crippen LogP contribution in [0.2, 0.25) is 0 Å². The summed E-state index contributed by atoms with van der Waals surface area (Å²) in [5, 5.41) is 7.19. The summed E-state index contributed by atoms with van der Waals surface area (Å²) in [4.78, 5) is 19.2. The molecule has 4 nitrogen and oxygen atoms in total. The van der Waals surface area contributed by atoms with Crippen LogP contribution in [0.4, 0.5) is 0 Å². The number of nitrogens with one attached hydrogen (secondary N) is 2. The molecule has 2 heterocycles. The van der Waals surface area contributed by atoms with Crippen LogP contribution < -0.4 is 10.9 Å². The van der Waals surface area contributed by atoms with Crippen molar-refractivity contribution in [2.75, 3.05) is 6.54 Å². The summed E-state index contributed by atoms with van der Waals surface area (Å²) in [6.45, 7) is 5.99. The lowest BCUT2D eigenvalue weighted by molar-refractivity contribution is 0.401. The van der Waals surface area contributed by atoms with E-state index in [4.69, 9.17) is 12.2 Å². The third-order valence-corrected chi connectivity index (χ3v) is 6.76. The van der Waals surface area contributed by atoms with Gasteiger partial charge in [-0.3, -0.25) is 4.79 Å². The zero-order valence-corrected chi connectivity index (χ0v) is 20.0. The smallest absolute Gasteiger partial charge is 0.253 e. The van der Waals surface area contributed by atoms with Gasteiger partial charge in [0.25, 0.3) is 5.56 Å². The molecule has 0 aliphatic carbocycles. The highest BCUT2D eigenvalue weighted by Gasteiger charge is 2.15. The summed E-state index contributed by atoms with van der Waals surface area (Å²) < 4.78 is 0. The van der Waals surface area contributed by atoms with Crippen LogP contribution in [-0.2, 0) is 19.5 Å². The number of hydrogen-bond donors (Lipinski definition) is 2. The molecule has 0 amide bonds. The minimum Gasteiger partial charge on any atom is -0.362 e. The lowest BCUT2D eigenvalue weighted by Crippen LogP contribution is -2.40. The fourth-order valence-corrected chi connectivity index (χ4v) is 4.85. The molecule has 4 rings (SSSR count). The Kier molecular flexibility index (Phi) is 7.02. The monoisotopic (exact) mass is 461 g/mol. The number of aryl methyl sites for hydroxylation is 2. The SMILES string of the molecule is Cc1cc(C)c2cc(CN(Cc3cccs3)C(=S)NCCc3ccccc3)c(=O)[nH]c2c1. The maximum atomic E-state index is 12.9. The van der Waals surface area contributed by atoms with Crippen molar-refractivity contribution in [2.24, 2.45) is 0 Å². The minimum atomic E-state index is -0.0641. The van der Waals surface area contributed by atoms with Crippen LogP contribution in [0.1, 0.15) is 27.1 Å². The topological polar surface area (TPSA) is 48.1 Å². The van der Waals surface area contributed by atoms with Gasteiger partial charge in [0.05, 0.1) is 13.1 Å². The number of thiophene rings is 1. The Morgan fingerprint density at radius 3 is 2.62 bits per heavy atom. The van der Waals surface area contributed by atoms with Crippen LogP contribution in [0.25, 0.3) is 10.9 Å². The molecule has 164 valence electrons. The Morgan fingerprint density at radius 2 is 1.88 bits per heavy atom. The van der Waals surface area contributed by atoms with Gasteiger partial charge in [0, 0.05) is 27.9 Å². The van der Waals surface area contributed by atoms with E-state index in [1.807, 2.05) is 43.3 Å². The van der Waals surface area contributed by atoms with E-state index in [9.17, 15) is 4.79 Å². The van der Waals surface area contributed by atoms with Crippen LogP contribution >= 0.6 is 23.6 Å². The Bertz CT molecular complexity index is 1260. The second-order valence-electron chi connectivity index (χ2n) is 8.07. The van der Waals surface area contributed by atoms with Gasteiger partial charge < -0.3 is 15.2 Å². The van der Waals surface area contributed by atoms with Crippen LogP contribution in [0.15, 0.2) is 70.8 Å². The molecule has 0 aliphatic heterocycles. The number of rotatable bonds is 7. The molecule has 0 atom stereocenters. The van der Waals surface area contributed by atoms with E-state index >= 15 is 0 Å². The molecule has 0 radical (unpaired) electrons. The maximum absolute atomic E-state index is 12.9. The summed E-state index contributed by atoms with van der Waals surface area (Å²) in [6.07, 6.45) is 0.892. The van der Waals surface area contributed by atoms with Crippen molar-refractivity contribution in [1.29, 1.82) is 0 Å². The standard InChI is InChI=1S/C26H27N3OS2/c1-18-13-19(2)23-15-21(25(30)28-24(23)14-18)16-29(17-22-9-6-12-32-22)26(31)27-11-10-20-7-4-3-5-8-20/h3-9,12-15H,10-11,16-17H2,1-2H3,(H,27,31)(H,28,30). The van der Waals surface area contributed by atoms with Crippen molar-refractivity contribution >= 4 is 39.6 Å². The molecule has 0 saturated heterocycles. The number of nitrogens with zero attached hydrogens (tertiary/aromatic N) is 1. The molecule has 6 heteroatoms. The molecule has 4 aromatic rings. The van der Waals surface area contributed by atoms with E-state index in [0.717, 1.165) is 35.0 Å². The molecule has 0 unspecified atom stereocenters. The second kappa shape index (κ2) is 10.1. The Balaban J connectivity index is 1.54. The predicted molar refractivity (Wildman–Crippen MR) is 138 cm³/mol. The summed E-state index contributed by atoms with van der Waals surface area (Å²) in [5.41, 5.74) is 5.10. The van der Waals surface area contributed by atoms with Crippen LogP contribution in [0.3, 0.4) is 0 Å². The molecule has 2 aromatic heterocycles. The van der Waals surface area contributed by atoms with Crippen molar-refractivity contribution in [1.82, 2.24) is 15.2 Å². The second-order valence-corrected chi connectivity index (χ2v) is 9.49. The quantitative estimate of drug-likeness (QED) is 0.366. The third kappa shape index (κ3) is 5.44. The number of hydrogen-bond acceptors (Lipinski definition) is 3. The Labute approximate surface area is 197 Å². The van der Waals surface area contributed by atoms with Gasteiger partial charge in [-0.2, -0.15) is 0 Å². The van der Waals surface area contributed by atoms with Gasteiger partial charge in [-0.25, -0.2) is 0 Å². The zero-order valence-electron chi connectivity index (χ0n) is 18.4. The largest absolute Gasteiger partial charge is 0.362 e. The molecule has 0 saturated carbocycles. The average molecular weight is 462 g/mol. The zero-order chi connectivity index (χ0) is 22.5. The molecule has 2 aromatic carbocycles. The van der Waals surface area contributed by atoms with Gasteiger partial charge in [0.1, 0.15) is 0 Å². The van der Waals surface area contributed by atoms with Gasteiger partial charge in [-0.15, -0.1) is 11.3 Å².